The molecular weight excluding hydrogens is 166 g/mol. The molecular formula is C9H15N3O. The Morgan fingerprint density at radius 2 is 2.15 bits per heavy atom. The van der Waals surface area contributed by atoms with E-state index in [1.54, 1.807) is 0 Å². The summed E-state index contributed by atoms with van der Waals surface area (Å²) in [6.07, 6.45) is 3.54. The van der Waals surface area contributed by atoms with E-state index in [1.807, 2.05) is 0 Å². The standard InChI is InChI=1S/C9H15N3O/c13-9-11-7-5-10-4-3-8(7)12(9)6-1-2-6/h6-8,10H,1-5H2,(H,11,13). The second-order valence-corrected chi connectivity index (χ2v) is 4.25. The van der Waals surface area contributed by atoms with Gasteiger partial charge in [0, 0.05) is 12.6 Å². The Morgan fingerprint density at radius 3 is 2.92 bits per heavy atom. The van der Waals surface area contributed by atoms with Gasteiger partial charge in [-0.3, -0.25) is 0 Å². The number of nitrogens with one attached hydrogen (secondary N) is 2. The topological polar surface area (TPSA) is 44.4 Å². The average Bonchev–Trinajstić information content (AvgIpc) is 2.88. The summed E-state index contributed by atoms with van der Waals surface area (Å²) in [6, 6.07) is 1.57. The number of nitrogens with zero attached hydrogens (tertiary/aromatic N) is 1. The summed E-state index contributed by atoms with van der Waals surface area (Å²) in [6.45, 7) is 2.00. The lowest BCUT2D eigenvalue weighted by molar-refractivity contribution is 0.189. The number of amides is 2. The maximum absolute atomic E-state index is 11.6. The van der Waals surface area contributed by atoms with Gasteiger partial charge >= 0.3 is 6.03 Å². The zero-order valence-corrected chi connectivity index (χ0v) is 7.62. The number of piperidine rings is 1. The Hall–Kier alpha value is -0.770. The maximum atomic E-state index is 11.6. The summed E-state index contributed by atoms with van der Waals surface area (Å²) in [4.78, 5) is 13.7. The molecule has 2 unspecified atom stereocenters. The van der Waals surface area contributed by atoms with Gasteiger partial charge in [0.2, 0.25) is 0 Å². The molecule has 72 valence electrons. The molecule has 1 saturated carbocycles. The van der Waals surface area contributed by atoms with Crippen LogP contribution >= 0.6 is 0 Å². The van der Waals surface area contributed by atoms with E-state index in [2.05, 4.69) is 15.5 Å². The monoisotopic (exact) mass is 181 g/mol. The third-order valence-electron chi connectivity index (χ3n) is 3.29. The van der Waals surface area contributed by atoms with Gasteiger partial charge in [-0.1, -0.05) is 0 Å². The van der Waals surface area contributed by atoms with Crippen LogP contribution in [0.2, 0.25) is 0 Å². The van der Waals surface area contributed by atoms with Crippen LogP contribution in [0, 0.1) is 0 Å². The summed E-state index contributed by atoms with van der Waals surface area (Å²) >= 11 is 0. The Kier molecular flexibility index (Phi) is 1.53. The number of rotatable bonds is 1. The van der Waals surface area contributed by atoms with Crippen LogP contribution in [0.25, 0.3) is 0 Å². The van der Waals surface area contributed by atoms with E-state index in [0.29, 0.717) is 18.1 Å². The van der Waals surface area contributed by atoms with E-state index >= 15 is 0 Å². The number of hydrogen-bond acceptors (Lipinski definition) is 2. The van der Waals surface area contributed by atoms with Crippen LogP contribution in [-0.4, -0.2) is 42.1 Å². The van der Waals surface area contributed by atoms with Crippen LogP contribution in [0.3, 0.4) is 0 Å². The predicted molar refractivity (Wildman–Crippen MR) is 48.5 cm³/mol. The molecule has 0 aromatic rings. The van der Waals surface area contributed by atoms with Crippen molar-refractivity contribution in [2.45, 2.75) is 37.4 Å². The minimum atomic E-state index is 0.168. The highest BCUT2D eigenvalue weighted by atomic mass is 16.2. The second-order valence-electron chi connectivity index (χ2n) is 4.25. The molecule has 13 heavy (non-hydrogen) atoms. The fourth-order valence-electron chi connectivity index (χ4n) is 2.50. The molecule has 4 heteroatoms. The molecule has 4 nitrogen and oxygen atoms in total. The molecule has 0 aromatic heterocycles. The van der Waals surface area contributed by atoms with Crippen molar-refractivity contribution in [3.63, 3.8) is 0 Å². The first kappa shape index (κ1) is 7.62. The van der Waals surface area contributed by atoms with Crippen molar-refractivity contribution in [1.29, 1.82) is 0 Å². The summed E-state index contributed by atoms with van der Waals surface area (Å²) in [5.74, 6) is 0. The van der Waals surface area contributed by atoms with Gasteiger partial charge in [0.05, 0.1) is 12.1 Å². The van der Waals surface area contributed by atoms with Crippen LogP contribution in [-0.2, 0) is 0 Å². The molecule has 3 fully saturated rings. The molecule has 0 bridgehead atoms. The van der Waals surface area contributed by atoms with Gasteiger partial charge < -0.3 is 15.5 Å². The van der Waals surface area contributed by atoms with Crippen LogP contribution in [0.15, 0.2) is 0 Å². The van der Waals surface area contributed by atoms with Crippen molar-refractivity contribution in [2.24, 2.45) is 0 Å². The summed E-state index contributed by atoms with van der Waals surface area (Å²) in [5, 5.41) is 6.37. The first-order chi connectivity index (χ1) is 6.36. The van der Waals surface area contributed by atoms with Crippen LogP contribution in [0.4, 0.5) is 4.79 Å². The number of urea groups is 1. The Bertz CT molecular complexity index is 239. The first-order valence-corrected chi connectivity index (χ1v) is 5.16. The summed E-state index contributed by atoms with van der Waals surface area (Å²) < 4.78 is 0. The van der Waals surface area contributed by atoms with E-state index in [1.165, 1.54) is 12.8 Å². The van der Waals surface area contributed by atoms with Crippen LogP contribution in [0.5, 0.6) is 0 Å². The van der Waals surface area contributed by atoms with Gasteiger partial charge in [-0.05, 0) is 25.8 Å². The van der Waals surface area contributed by atoms with Gasteiger partial charge in [0.25, 0.3) is 0 Å². The van der Waals surface area contributed by atoms with E-state index in [-0.39, 0.29) is 6.03 Å². The lowest BCUT2D eigenvalue weighted by Gasteiger charge is -2.30. The molecule has 0 spiro atoms. The maximum Gasteiger partial charge on any atom is 0.318 e. The van der Waals surface area contributed by atoms with Gasteiger partial charge in [-0.15, -0.1) is 0 Å². The van der Waals surface area contributed by atoms with Crippen molar-refractivity contribution in [3.8, 4) is 0 Å². The zero-order valence-electron chi connectivity index (χ0n) is 7.62. The van der Waals surface area contributed by atoms with Crippen LogP contribution in [0.1, 0.15) is 19.3 Å². The molecule has 1 aliphatic carbocycles. The van der Waals surface area contributed by atoms with Crippen molar-refractivity contribution >= 4 is 6.03 Å². The number of carbonyl (C=O) groups is 1. The minimum absolute atomic E-state index is 0.168. The predicted octanol–water partition coefficient (Wildman–Crippen LogP) is -0.0955. The Balaban J connectivity index is 1.81. The van der Waals surface area contributed by atoms with Crippen molar-refractivity contribution in [1.82, 2.24) is 15.5 Å². The molecule has 0 radical (unpaired) electrons. The van der Waals surface area contributed by atoms with Gasteiger partial charge in [0.1, 0.15) is 0 Å². The molecule has 3 aliphatic rings. The lowest BCUT2D eigenvalue weighted by Crippen LogP contribution is -2.49. The molecule has 3 rings (SSSR count). The van der Waals surface area contributed by atoms with Gasteiger partial charge in [0.15, 0.2) is 0 Å². The molecule has 0 aromatic carbocycles. The van der Waals surface area contributed by atoms with Crippen LogP contribution < -0.4 is 10.6 Å². The van der Waals surface area contributed by atoms with Crippen molar-refractivity contribution < 1.29 is 4.79 Å². The van der Waals surface area contributed by atoms with Gasteiger partial charge in [-0.2, -0.15) is 0 Å². The number of carbonyl (C=O) groups excluding carboxylic acids is 1. The van der Waals surface area contributed by atoms with E-state index in [4.69, 9.17) is 0 Å². The Morgan fingerprint density at radius 1 is 1.31 bits per heavy atom. The van der Waals surface area contributed by atoms with E-state index < -0.39 is 0 Å². The molecule has 2 N–H and O–H groups in total. The lowest BCUT2D eigenvalue weighted by atomic mass is 10.0. The summed E-state index contributed by atoms with van der Waals surface area (Å²) in [5.41, 5.74) is 0. The smallest absolute Gasteiger partial charge is 0.318 e. The molecule has 2 aliphatic heterocycles. The third-order valence-corrected chi connectivity index (χ3v) is 3.29. The number of fused-ring (bicyclic) bond motifs is 1. The quantitative estimate of drug-likeness (QED) is 0.593. The first-order valence-electron chi connectivity index (χ1n) is 5.16. The third kappa shape index (κ3) is 1.12. The molecule has 2 heterocycles. The zero-order chi connectivity index (χ0) is 8.84. The average molecular weight is 181 g/mol. The van der Waals surface area contributed by atoms with E-state index in [9.17, 15) is 4.79 Å². The fraction of sp³-hybridized carbons (Fsp3) is 0.889. The van der Waals surface area contributed by atoms with Gasteiger partial charge in [-0.25, -0.2) is 4.79 Å². The fourth-order valence-corrected chi connectivity index (χ4v) is 2.50. The molecule has 2 atom stereocenters. The number of hydrogen-bond donors (Lipinski definition) is 2. The second kappa shape index (κ2) is 2.61. The largest absolute Gasteiger partial charge is 0.332 e. The highest BCUT2D eigenvalue weighted by Gasteiger charge is 2.46. The highest BCUT2D eigenvalue weighted by Crippen LogP contribution is 2.33. The molecule has 2 amide bonds. The highest BCUT2D eigenvalue weighted by molar-refractivity contribution is 5.78. The van der Waals surface area contributed by atoms with Crippen molar-refractivity contribution in [2.75, 3.05) is 13.1 Å². The normalized spacial score (nSPS) is 38.8. The van der Waals surface area contributed by atoms with Crippen molar-refractivity contribution in [3.05, 3.63) is 0 Å². The summed E-state index contributed by atoms with van der Waals surface area (Å²) in [7, 11) is 0. The minimum Gasteiger partial charge on any atom is -0.332 e. The molecule has 2 saturated heterocycles. The Labute approximate surface area is 77.7 Å². The SMILES string of the molecule is O=C1NC2CNCCC2N1C1CC1. The van der Waals surface area contributed by atoms with E-state index in [0.717, 1.165) is 19.5 Å².